The van der Waals surface area contributed by atoms with Crippen molar-refractivity contribution in [3.8, 4) is 11.1 Å². The Labute approximate surface area is 134 Å². The van der Waals surface area contributed by atoms with Crippen molar-refractivity contribution < 1.29 is 4.74 Å². The molecule has 0 aliphatic carbocycles. The number of nitrogens with zero attached hydrogens (tertiary/aromatic N) is 4. The predicted octanol–water partition coefficient (Wildman–Crippen LogP) is 2.33. The van der Waals surface area contributed by atoms with Crippen LogP contribution in [0.25, 0.3) is 22.2 Å². The molecule has 2 saturated heterocycles. The Morgan fingerprint density at radius 1 is 1.26 bits per heavy atom. The number of ether oxygens (including phenoxy) is 1. The van der Waals surface area contributed by atoms with E-state index in [0.29, 0.717) is 12.2 Å². The maximum Gasteiger partial charge on any atom is 0.139 e. The van der Waals surface area contributed by atoms with E-state index in [2.05, 4.69) is 26.0 Å². The fourth-order valence-corrected chi connectivity index (χ4v) is 3.90. The van der Waals surface area contributed by atoms with Gasteiger partial charge in [0.05, 0.1) is 29.5 Å². The summed E-state index contributed by atoms with van der Waals surface area (Å²) in [4.78, 5) is 10.3. The molecule has 5 heterocycles. The van der Waals surface area contributed by atoms with E-state index in [-0.39, 0.29) is 0 Å². The second-order valence-electron chi connectivity index (χ2n) is 6.52. The van der Waals surface area contributed by atoms with E-state index < -0.39 is 0 Å². The average molecular weight is 309 g/mol. The van der Waals surface area contributed by atoms with Crippen LogP contribution < -0.4 is 4.90 Å². The molecule has 0 saturated carbocycles. The zero-order valence-electron chi connectivity index (χ0n) is 13.1. The molecule has 2 aliphatic rings. The molecule has 6 nitrogen and oxygen atoms in total. The van der Waals surface area contributed by atoms with Crippen LogP contribution in [-0.2, 0) is 11.8 Å². The van der Waals surface area contributed by atoms with E-state index in [1.54, 1.807) is 0 Å². The van der Waals surface area contributed by atoms with Gasteiger partial charge in [-0.1, -0.05) is 0 Å². The molecule has 2 aliphatic heterocycles. The van der Waals surface area contributed by atoms with Gasteiger partial charge in [-0.2, -0.15) is 5.10 Å². The first-order valence-electron chi connectivity index (χ1n) is 8.13. The number of aromatic amines is 1. The van der Waals surface area contributed by atoms with Crippen molar-refractivity contribution in [1.82, 2.24) is 19.7 Å². The van der Waals surface area contributed by atoms with Gasteiger partial charge in [0.15, 0.2) is 0 Å². The smallest absolute Gasteiger partial charge is 0.139 e. The number of rotatable bonds is 2. The van der Waals surface area contributed by atoms with Gasteiger partial charge in [0, 0.05) is 49.9 Å². The van der Waals surface area contributed by atoms with Crippen LogP contribution in [0, 0.1) is 0 Å². The van der Waals surface area contributed by atoms with Crippen molar-refractivity contribution in [3.63, 3.8) is 0 Å². The van der Waals surface area contributed by atoms with Crippen LogP contribution in [0.5, 0.6) is 0 Å². The summed E-state index contributed by atoms with van der Waals surface area (Å²) in [7, 11) is 1.94. The van der Waals surface area contributed by atoms with Crippen LogP contribution in [0.1, 0.15) is 12.8 Å². The van der Waals surface area contributed by atoms with E-state index in [4.69, 9.17) is 4.74 Å². The van der Waals surface area contributed by atoms with E-state index in [9.17, 15) is 0 Å². The topological polar surface area (TPSA) is 59.0 Å². The summed E-state index contributed by atoms with van der Waals surface area (Å²) < 4.78 is 7.81. The number of hydrogen-bond acceptors (Lipinski definition) is 4. The molecule has 2 bridgehead atoms. The predicted molar refractivity (Wildman–Crippen MR) is 88.4 cm³/mol. The number of pyridine rings is 1. The minimum atomic E-state index is 0.373. The highest BCUT2D eigenvalue weighted by molar-refractivity contribution is 6.02. The molecule has 5 rings (SSSR count). The van der Waals surface area contributed by atoms with Crippen molar-refractivity contribution in [1.29, 1.82) is 0 Å². The number of nitrogens with one attached hydrogen (secondary N) is 1. The summed E-state index contributed by atoms with van der Waals surface area (Å²) in [5.74, 6) is 0. The van der Waals surface area contributed by atoms with Gasteiger partial charge >= 0.3 is 0 Å². The first kappa shape index (κ1) is 13.1. The molecule has 0 unspecified atom stereocenters. The zero-order valence-corrected chi connectivity index (χ0v) is 13.1. The van der Waals surface area contributed by atoms with Crippen molar-refractivity contribution in [2.24, 2.45) is 7.05 Å². The highest BCUT2D eigenvalue weighted by Gasteiger charge is 2.34. The van der Waals surface area contributed by atoms with Crippen LogP contribution in [0.15, 0.2) is 30.9 Å². The molecule has 0 radical (unpaired) electrons. The minimum absolute atomic E-state index is 0.373. The lowest BCUT2D eigenvalue weighted by atomic mass is 10.1. The van der Waals surface area contributed by atoms with Gasteiger partial charge in [0.1, 0.15) is 5.65 Å². The number of hydrogen-bond donors (Lipinski definition) is 1. The lowest BCUT2D eigenvalue weighted by molar-refractivity contribution is 0.0306. The van der Waals surface area contributed by atoms with Crippen molar-refractivity contribution in [2.45, 2.75) is 25.0 Å². The average Bonchev–Trinajstić information content (AvgIpc) is 3.25. The fraction of sp³-hybridized carbons (Fsp3) is 0.412. The maximum absolute atomic E-state index is 5.98. The van der Waals surface area contributed by atoms with Gasteiger partial charge in [-0.05, 0) is 18.9 Å². The summed E-state index contributed by atoms with van der Waals surface area (Å²) in [5, 5.41) is 5.49. The van der Waals surface area contributed by atoms with Crippen molar-refractivity contribution >= 4 is 16.7 Å². The summed E-state index contributed by atoms with van der Waals surface area (Å²) in [6.07, 6.45) is 11.0. The Bertz CT molecular complexity index is 855. The van der Waals surface area contributed by atoms with E-state index in [1.165, 1.54) is 23.9 Å². The number of aryl methyl sites for hydroxylation is 1. The molecule has 3 aromatic heterocycles. The van der Waals surface area contributed by atoms with Gasteiger partial charge < -0.3 is 14.6 Å². The third-order valence-electron chi connectivity index (χ3n) is 4.95. The molecule has 1 N–H and O–H groups in total. The molecule has 23 heavy (non-hydrogen) atoms. The fourth-order valence-electron chi connectivity index (χ4n) is 3.90. The van der Waals surface area contributed by atoms with Crippen LogP contribution >= 0.6 is 0 Å². The number of aromatic nitrogens is 4. The molecule has 2 atom stereocenters. The third-order valence-corrected chi connectivity index (χ3v) is 4.95. The SMILES string of the molecule is Cn1cc(-c2c[nH]c3nccc(N4C[C@H]5CC[C@@H](C4)O5)c23)cn1. The number of anilines is 1. The summed E-state index contributed by atoms with van der Waals surface area (Å²) in [5.41, 5.74) is 4.45. The third kappa shape index (κ3) is 2.05. The summed E-state index contributed by atoms with van der Waals surface area (Å²) >= 11 is 0. The maximum atomic E-state index is 5.98. The molecule has 0 amide bonds. The Hall–Kier alpha value is -2.34. The first-order chi connectivity index (χ1) is 11.3. The molecule has 118 valence electrons. The molecule has 0 spiro atoms. The molecule has 2 fully saturated rings. The Kier molecular flexibility index (Phi) is 2.76. The van der Waals surface area contributed by atoms with E-state index in [0.717, 1.165) is 29.9 Å². The van der Waals surface area contributed by atoms with Gasteiger partial charge in [-0.25, -0.2) is 4.98 Å². The minimum Gasteiger partial charge on any atom is -0.371 e. The highest BCUT2D eigenvalue weighted by atomic mass is 16.5. The van der Waals surface area contributed by atoms with Gasteiger partial charge in [0.25, 0.3) is 0 Å². The Morgan fingerprint density at radius 2 is 2.09 bits per heavy atom. The Balaban J connectivity index is 1.65. The molecular formula is C17H19N5O. The molecule has 3 aromatic rings. The Morgan fingerprint density at radius 3 is 2.83 bits per heavy atom. The lowest BCUT2D eigenvalue weighted by Crippen LogP contribution is -2.42. The van der Waals surface area contributed by atoms with Crippen LogP contribution in [-0.4, -0.2) is 45.0 Å². The van der Waals surface area contributed by atoms with Crippen molar-refractivity contribution in [2.75, 3.05) is 18.0 Å². The quantitative estimate of drug-likeness (QED) is 0.789. The first-order valence-corrected chi connectivity index (χ1v) is 8.13. The normalized spacial score (nSPS) is 23.8. The highest BCUT2D eigenvalue weighted by Crippen LogP contribution is 2.37. The second-order valence-corrected chi connectivity index (χ2v) is 6.52. The number of morpholine rings is 1. The molecule has 0 aromatic carbocycles. The lowest BCUT2D eigenvalue weighted by Gasteiger charge is -2.34. The van der Waals surface area contributed by atoms with Crippen LogP contribution in [0.3, 0.4) is 0 Å². The van der Waals surface area contributed by atoms with Gasteiger partial charge in [0.2, 0.25) is 0 Å². The zero-order chi connectivity index (χ0) is 15.4. The number of fused-ring (bicyclic) bond motifs is 3. The second kappa shape index (κ2) is 4.83. The van der Waals surface area contributed by atoms with Crippen LogP contribution in [0.2, 0.25) is 0 Å². The van der Waals surface area contributed by atoms with Crippen molar-refractivity contribution in [3.05, 3.63) is 30.9 Å². The molecular weight excluding hydrogens is 290 g/mol. The summed E-state index contributed by atoms with van der Waals surface area (Å²) in [6, 6.07) is 2.13. The van der Waals surface area contributed by atoms with Gasteiger partial charge in [-0.3, -0.25) is 4.68 Å². The van der Waals surface area contributed by atoms with E-state index in [1.807, 2.05) is 36.5 Å². The summed E-state index contributed by atoms with van der Waals surface area (Å²) in [6.45, 7) is 1.93. The number of H-pyrrole nitrogens is 1. The monoisotopic (exact) mass is 309 g/mol. The molecule has 6 heteroatoms. The van der Waals surface area contributed by atoms with E-state index >= 15 is 0 Å². The largest absolute Gasteiger partial charge is 0.371 e. The van der Waals surface area contributed by atoms with Gasteiger partial charge in [-0.15, -0.1) is 0 Å². The van der Waals surface area contributed by atoms with Crippen LogP contribution in [0.4, 0.5) is 5.69 Å². The standard InChI is InChI=1S/C17H19N5O/c1-21-8-11(6-20-21)14-7-19-17-16(14)15(4-5-18-17)22-9-12-2-3-13(10-22)23-12/h4-8,12-13H,2-3,9-10H2,1H3,(H,18,19)/t12-,13+.